The molecular formula is C14H14N2O4. The summed E-state index contributed by atoms with van der Waals surface area (Å²) < 4.78 is 5.45. The average Bonchev–Trinajstić information content (AvgIpc) is 2.47. The van der Waals surface area contributed by atoms with E-state index in [0.29, 0.717) is 17.9 Å². The fourth-order valence-corrected chi connectivity index (χ4v) is 1.68. The summed E-state index contributed by atoms with van der Waals surface area (Å²) in [7, 11) is 0. The molecule has 1 N–H and O–H groups in total. The molecule has 0 fully saturated rings. The molecule has 0 radical (unpaired) electrons. The fourth-order valence-electron chi connectivity index (χ4n) is 1.68. The number of nitro benzene ring substituents is 1. The maximum Gasteiger partial charge on any atom is 0.311 e. The minimum atomic E-state index is -0.616. The molecule has 0 saturated heterocycles. The van der Waals surface area contributed by atoms with Crippen LogP contribution in [0.15, 0.2) is 42.6 Å². The molecule has 0 amide bonds. The SMILES string of the molecule is CC[C@@H](O)c1ccc(Oc2ccccc2[N+](=O)[O-])cn1. The van der Waals surface area contributed by atoms with Crippen molar-refractivity contribution in [1.29, 1.82) is 0 Å². The van der Waals surface area contributed by atoms with Crippen LogP contribution in [0.2, 0.25) is 0 Å². The maximum atomic E-state index is 10.9. The van der Waals surface area contributed by atoms with Crippen LogP contribution in [0.25, 0.3) is 0 Å². The van der Waals surface area contributed by atoms with E-state index in [1.807, 2.05) is 6.92 Å². The summed E-state index contributed by atoms with van der Waals surface area (Å²) in [6, 6.07) is 9.38. The van der Waals surface area contributed by atoms with E-state index in [4.69, 9.17) is 4.74 Å². The van der Waals surface area contributed by atoms with Crippen LogP contribution in [0.5, 0.6) is 11.5 Å². The Kier molecular flexibility index (Phi) is 4.27. The number of nitrogens with zero attached hydrogens (tertiary/aromatic N) is 2. The summed E-state index contributed by atoms with van der Waals surface area (Å²) in [5.41, 5.74) is 0.438. The Morgan fingerprint density at radius 3 is 2.70 bits per heavy atom. The largest absolute Gasteiger partial charge is 0.449 e. The lowest BCUT2D eigenvalue weighted by Crippen LogP contribution is -1.99. The number of rotatable bonds is 5. The Labute approximate surface area is 115 Å². The van der Waals surface area contributed by atoms with Crippen molar-refractivity contribution in [3.8, 4) is 11.5 Å². The van der Waals surface area contributed by atoms with Crippen molar-refractivity contribution in [2.24, 2.45) is 0 Å². The molecule has 1 aromatic heterocycles. The lowest BCUT2D eigenvalue weighted by molar-refractivity contribution is -0.385. The van der Waals surface area contributed by atoms with E-state index in [9.17, 15) is 15.2 Å². The summed E-state index contributed by atoms with van der Waals surface area (Å²) in [6.07, 6.45) is 1.39. The second-order valence-corrected chi connectivity index (χ2v) is 4.17. The van der Waals surface area contributed by atoms with Crippen LogP contribution in [0, 0.1) is 10.1 Å². The molecule has 0 aliphatic rings. The van der Waals surface area contributed by atoms with Crippen molar-refractivity contribution < 1.29 is 14.8 Å². The van der Waals surface area contributed by atoms with Crippen molar-refractivity contribution >= 4 is 5.69 Å². The highest BCUT2D eigenvalue weighted by molar-refractivity contribution is 5.47. The van der Waals surface area contributed by atoms with Crippen LogP contribution in [0.3, 0.4) is 0 Å². The highest BCUT2D eigenvalue weighted by Gasteiger charge is 2.14. The standard InChI is InChI=1S/C14H14N2O4/c1-2-13(17)11-8-7-10(9-15-11)20-14-6-4-3-5-12(14)16(18)19/h3-9,13,17H,2H2,1H3/t13-/m1/s1. The van der Waals surface area contributed by atoms with Crippen molar-refractivity contribution in [2.75, 3.05) is 0 Å². The molecule has 2 rings (SSSR count). The molecule has 6 nitrogen and oxygen atoms in total. The Balaban J connectivity index is 2.20. The van der Waals surface area contributed by atoms with Gasteiger partial charge in [0.25, 0.3) is 0 Å². The Morgan fingerprint density at radius 2 is 2.10 bits per heavy atom. The number of hydrogen-bond donors (Lipinski definition) is 1. The Bertz CT molecular complexity index is 598. The summed E-state index contributed by atoms with van der Waals surface area (Å²) in [5.74, 6) is 0.537. The van der Waals surface area contributed by atoms with Gasteiger partial charge in [-0.1, -0.05) is 19.1 Å². The van der Waals surface area contributed by atoms with Crippen LogP contribution in [0.4, 0.5) is 5.69 Å². The monoisotopic (exact) mass is 274 g/mol. The third-order valence-electron chi connectivity index (χ3n) is 2.78. The molecule has 1 heterocycles. The lowest BCUT2D eigenvalue weighted by atomic mass is 10.2. The number of para-hydroxylation sites is 2. The van der Waals surface area contributed by atoms with Gasteiger partial charge >= 0.3 is 5.69 Å². The zero-order valence-corrected chi connectivity index (χ0v) is 10.9. The highest BCUT2D eigenvalue weighted by atomic mass is 16.6. The zero-order chi connectivity index (χ0) is 14.5. The van der Waals surface area contributed by atoms with Crippen LogP contribution in [-0.2, 0) is 0 Å². The maximum absolute atomic E-state index is 10.9. The number of hydrogen-bond acceptors (Lipinski definition) is 5. The highest BCUT2D eigenvalue weighted by Crippen LogP contribution is 2.30. The van der Waals surface area contributed by atoms with Gasteiger partial charge in [0.2, 0.25) is 5.75 Å². The van der Waals surface area contributed by atoms with E-state index in [2.05, 4.69) is 4.98 Å². The van der Waals surface area contributed by atoms with Crippen LogP contribution < -0.4 is 4.74 Å². The third kappa shape index (κ3) is 3.10. The number of benzene rings is 1. The summed E-state index contributed by atoms with van der Waals surface area (Å²) in [4.78, 5) is 14.4. The van der Waals surface area contributed by atoms with Gasteiger partial charge in [0.15, 0.2) is 0 Å². The molecular weight excluding hydrogens is 260 g/mol. The number of ether oxygens (including phenoxy) is 1. The summed E-state index contributed by atoms with van der Waals surface area (Å²) in [6.45, 7) is 1.85. The second-order valence-electron chi connectivity index (χ2n) is 4.17. The molecule has 0 saturated carbocycles. The molecule has 0 bridgehead atoms. The van der Waals surface area contributed by atoms with E-state index < -0.39 is 11.0 Å². The van der Waals surface area contributed by atoms with Gasteiger partial charge in [-0.3, -0.25) is 15.1 Å². The number of nitro groups is 1. The second kappa shape index (κ2) is 6.12. The van der Waals surface area contributed by atoms with Gasteiger partial charge in [0.1, 0.15) is 5.75 Å². The Hall–Kier alpha value is -2.47. The third-order valence-corrected chi connectivity index (χ3v) is 2.78. The lowest BCUT2D eigenvalue weighted by Gasteiger charge is -2.09. The van der Waals surface area contributed by atoms with Gasteiger partial charge in [-0.15, -0.1) is 0 Å². The first-order chi connectivity index (χ1) is 9.61. The smallest absolute Gasteiger partial charge is 0.311 e. The zero-order valence-electron chi connectivity index (χ0n) is 10.9. The predicted molar refractivity (Wildman–Crippen MR) is 72.7 cm³/mol. The van der Waals surface area contributed by atoms with Gasteiger partial charge in [0, 0.05) is 6.07 Å². The topological polar surface area (TPSA) is 85.5 Å². The molecule has 0 aliphatic carbocycles. The van der Waals surface area contributed by atoms with Gasteiger partial charge in [-0.05, 0) is 24.6 Å². The number of aliphatic hydroxyl groups is 1. The van der Waals surface area contributed by atoms with Gasteiger partial charge in [-0.2, -0.15) is 0 Å². The van der Waals surface area contributed by atoms with E-state index in [1.165, 1.54) is 18.3 Å². The van der Waals surface area contributed by atoms with E-state index in [-0.39, 0.29) is 11.4 Å². The number of aliphatic hydroxyl groups excluding tert-OH is 1. The van der Waals surface area contributed by atoms with Crippen LogP contribution >= 0.6 is 0 Å². The number of pyridine rings is 1. The molecule has 6 heteroatoms. The first kappa shape index (κ1) is 14.0. The molecule has 104 valence electrons. The van der Waals surface area contributed by atoms with Crippen LogP contribution in [-0.4, -0.2) is 15.0 Å². The summed E-state index contributed by atoms with van der Waals surface area (Å²) >= 11 is 0. The van der Waals surface area contributed by atoms with Crippen LogP contribution in [0.1, 0.15) is 25.1 Å². The van der Waals surface area contributed by atoms with E-state index >= 15 is 0 Å². The molecule has 20 heavy (non-hydrogen) atoms. The van der Waals surface area contributed by atoms with Crippen molar-refractivity contribution in [1.82, 2.24) is 4.98 Å². The van der Waals surface area contributed by atoms with Crippen molar-refractivity contribution in [3.63, 3.8) is 0 Å². The first-order valence-corrected chi connectivity index (χ1v) is 6.17. The van der Waals surface area contributed by atoms with E-state index in [1.54, 1.807) is 24.3 Å². The average molecular weight is 274 g/mol. The Morgan fingerprint density at radius 1 is 1.35 bits per heavy atom. The van der Waals surface area contributed by atoms with Gasteiger partial charge in [0.05, 0.1) is 22.9 Å². The molecule has 0 aliphatic heterocycles. The summed E-state index contributed by atoms with van der Waals surface area (Å²) in [5, 5.41) is 20.5. The molecule has 0 unspecified atom stereocenters. The van der Waals surface area contributed by atoms with Gasteiger partial charge in [-0.25, -0.2) is 0 Å². The quantitative estimate of drug-likeness (QED) is 0.668. The first-order valence-electron chi connectivity index (χ1n) is 6.17. The fraction of sp³-hybridized carbons (Fsp3) is 0.214. The molecule has 1 aromatic carbocycles. The minimum absolute atomic E-state index is 0.106. The van der Waals surface area contributed by atoms with Crippen molar-refractivity contribution in [2.45, 2.75) is 19.4 Å². The molecule has 1 atom stereocenters. The number of aromatic nitrogens is 1. The molecule has 2 aromatic rings. The van der Waals surface area contributed by atoms with E-state index in [0.717, 1.165) is 0 Å². The van der Waals surface area contributed by atoms with Crippen molar-refractivity contribution in [3.05, 3.63) is 58.4 Å². The minimum Gasteiger partial charge on any atom is -0.449 e. The normalized spacial score (nSPS) is 11.9. The predicted octanol–water partition coefficient (Wildman–Crippen LogP) is 3.23. The van der Waals surface area contributed by atoms with Gasteiger partial charge < -0.3 is 9.84 Å². The molecule has 0 spiro atoms.